The summed E-state index contributed by atoms with van der Waals surface area (Å²) < 4.78 is 14.1. The van der Waals surface area contributed by atoms with Crippen LogP contribution in [0, 0.1) is 19.7 Å². The van der Waals surface area contributed by atoms with E-state index in [-0.39, 0.29) is 11.6 Å². The van der Waals surface area contributed by atoms with E-state index in [2.05, 4.69) is 4.98 Å². The Labute approximate surface area is 126 Å². The molecule has 2 rings (SSSR count). The first-order valence-corrected chi connectivity index (χ1v) is 7.41. The van der Waals surface area contributed by atoms with Crippen molar-refractivity contribution in [2.45, 2.75) is 25.9 Å². The fourth-order valence-electron chi connectivity index (χ4n) is 2.24. The van der Waals surface area contributed by atoms with Gasteiger partial charge >= 0.3 is 0 Å². The highest BCUT2D eigenvalue weighted by atomic mass is 35.5. The largest absolute Gasteiger partial charge is 0.387 e. The summed E-state index contributed by atoms with van der Waals surface area (Å²) in [6.45, 7) is 3.81. The molecule has 2 atom stereocenters. The predicted octanol–water partition coefficient (Wildman–Crippen LogP) is 3.33. The molecule has 108 valence electrons. The molecule has 6 heteroatoms. The summed E-state index contributed by atoms with van der Waals surface area (Å²) in [6.07, 6.45) is -0.890. The summed E-state index contributed by atoms with van der Waals surface area (Å²) in [6, 6.07) is 4.73. The van der Waals surface area contributed by atoms with Crippen LogP contribution in [0.15, 0.2) is 18.2 Å². The highest BCUT2D eigenvalue weighted by molar-refractivity contribution is 7.11. The fourth-order valence-corrected chi connectivity index (χ4v) is 3.40. The number of aryl methyl sites for hydroxylation is 2. The molecule has 0 aliphatic heterocycles. The van der Waals surface area contributed by atoms with Gasteiger partial charge in [0, 0.05) is 12.5 Å². The molecule has 0 bridgehead atoms. The van der Waals surface area contributed by atoms with Crippen molar-refractivity contribution in [1.82, 2.24) is 4.98 Å². The van der Waals surface area contributed by atoms with Crippen LogP contribution in [0.4, 0.5) is 4.39 Å². The summed E-state index contributed by atoms with van der Waals surface area (Å²) in [5.41, 5.74) is 6.82. The van der Waals surface area contributed by atoms with E-state index in [1.54, 1.807) is 12.1 Å². The molecular formula is C14H16ClFN2OS. The predicted molar refractivity (Wildman–Crippen MR) is 79.8 cm³/mol. The van der Waals surface area contributed by atoms with Gasteiger partial charge in [-0.1, -0.05) is 23.7 Å². The van der Waals surface area contributed by atoms with Crippen molar-refractivity contribution < 1.29 is 9.50 Å². The second kappa shape index (κ2) is 6.18. The normalized spacial score (nSPS) is 14.3. The molecule has 3 N–H and O–H groups in total. The van der Waals surface area contributed by atoms with Crippen molar-refractivity contribution in [3.05, 3.63) is 50.2 Å². The molecule has 0 saturated carbocycles. The Kier molecular flexibility index (Phi) is 4.75. The molecule has 20 heavy (non-hydrogen) atoms. The molecule has 1 aromatic heterocycles. The van der Waals surface area contributed by atoms with Gasteiger partial charge in [-0.15, -0.1) is 11.3 Å². The molecule has 0 saturated heterocycles. The van der Waals surface area contributed by atoms with Crippen molar-refractivity contribution in [2.75, 3.05) is 6.54 Å². The number of benzene rings is 1. The fraction of sp³-hybridized carbons (Fsp3) is 0.357. The minimum atomic E-state index is -0.890. The molecule has 2 unspecified atom stereocenters. The van der Waals surface area contributed by atoms with Crippen molar-refractivity contribution in [3.63, 3.8) is 0 Å². The van der Waals surface area contributed by atoms with Crippen molar-refractivity contribution in [1.29, 1.82) is 0 Å². The molecular weight excluding hydrogens is 299 g/mol. The van der Waals surface area contributed by atoms with E-state index in [0.29, 0.717) is 5.56 Å². The average Bonchev–Trinajstić information content (AvgIpc) is 2.74. The molecule has 2 aromatic rings. The molecule has 1 heterocycles. The van der Waals surface area contributed by atoms with E-state index in [4.69, 9.17) is 17.3 Å². The number of thiazole rings is 1. The zero-order chi connectivity index (χ0) is 14.9. The van der Waals surface area contributed by atoms with Gasteiger partial charge in [0.05, 0.1) is 26.7 Å². The van der Waals surface area contributed by atoms with E-state index < -0.39 is 17.8 Å². The Morgan fingerprint density at radius 2 is 2.15 bits per heavy atom. The number of hydrogen-bond acceptors (Lipinski definition) is 4. The minimum Gasteiger partial charge on any atom is -0.387 e. The third-order valence-electron chi connectivity index (χ3n) is 3.22. The Morgan fingerprint density at radius 1 is 1.45 bits per heavy atom. The number of hydrogen-bond donors (Lipinski definition) is 2. The van der Waals surface area contributed by atoms with Gasteiger partial charge < -0.3 is 10.8 Å². The van der Waals surface area contributed by atoms with Gasteiger partial charge in [-0.2, -0.15) is 0 Å². The summed E-state index contributed by atoms with van der Waals surface area (Å²) >= 11 is 7.19. The van der Waals surface area contributed by atoms with Crippen LogP contribution in [-0.2, 0) is 0 Å². The van der Waals surface area contributed by atoms with Crippen molar-refractivity contribution in [2.24, 2.45) is 5.73 Å². The summed E-state index contributed by atoms with van der Waals surface area (Å²) in [4.78, 5) is 5.00. The lowest BCUT2D eigenvalue weighted by Crippen LogP contribution is -2.21. The second-order valence-electron chi connectivity index (χ2n) is 4.61. The molecule has 0 aliphatic rings. The number of nitrogens with two attached hydrogens (primary N) is 1. The maximum absolute atomic E-state index is 14.1. The maximum Gasteiger partial charge on any atom is 0.145 e. The number of rotatable bonds is 4. The lowest BCUT2D eigenvalue weighted by Gasteiger charge is -2.22. The second-order valence-corrected chi connectivity index (χ2v) is 6.25. The zero-order valence-electron chi connectivity index (χ0n) is 11.2. The van der Waals surface area contributed by atoms with E-state index >= 15 is 0 Å². The molecule has 0 amide bonds. The standard InChI is InChI=1S/C14H16ClFN2OS/c1-7-14(20-8(2)18-7)13(19)10(6-17)9-4-3-5-11(15)12(9)16/h3-5,10,13,19H,6,17H2,1-2H3. The zero-order valence-corrected chi connectivity index (χ0v) is 12.8. The summed E-state index contributed by atoms with van der Waals surface area (Å²) in [5, 5.41) is 11.4. The highest BCUT2D eigenvalue weighted by Crippen LogP contribution is 2.37. The van der Waals surface area contributed by atoms with Crippen LogP contribution in [0.5, 0.6) is 0 Å². The third-order valence-corrected chi connectivity index (χ3v) is 4.66. The van der Waals surface area contributed by atoms with Gasteiger partial charge in [0.15, 0.2) is 0 Å². The van der Waals surface area contributed by atoms with Crippen LogP contribution in [-0.4, -0.2) is 16.6 Å². The first-order valence-electron chi connectivity index (χ1n) is 6.21. The van der Waals surface area contributed by atoms with Crippen LogP contribution in [0.1, 0.15) is 33.2 Å². The number of aromatic nitrogens is 1. The Morgan fingerprint density at radius 3 is 2.70 bits per heavy atom. The Hall–Kier alpha value is -1.01. The van der Waals surface area contributed by atoms with E-state index in [1.165, 1.54) is 17.4 Å². The van der Waals surface area contributed by atoms with Gasteiger partial charge in [0.1, 0.15) is 5.82 Å². The summed E-state index contributed by atoms with van der Waals surface area (Å²) in [7, 11) is 0. The molecule has 0 spiro atoms. The van der Waals surface area contributed by atoms with Crippen molar-refractivity contribution >= 4 is 22.9 Å². The molecule has 0 fully saturated rings. The lowest BCUT2D eigenvalue weighted by molar-refractivity contribution is 0.148. The summed E-state index contributed by atoms with van der Waals surface area (Å²) in [5.74, 6) is -1.07. The smallest absolute Gasteiger partial charge is 0.145 e. The van der Waals surface area contributed by atoms with Crippen molar-refractivity contribution in [3.8, 4) is 0 Å². The SMILES string of the molecule is Cc1nc(C)c(C(O)C(CN)c2cccc(Cl)c2F)s1. The van der Waals surface area contributed by atoms with Crippen LogP contribution >= 0.6 is 22.9 Å². The number of aliphatic hydroxyl groups is 1. The number of aliphatic hydroxyl groups excluding tert-OH is 1. The van der Waals surface area contributed by atoms with Crippen LogP contribution in [0.3, 0.4) is 0 Å². The molecule has 0 aliphatic carbocycles. The molecule has 0 radical (unpaired) electrons. The molecule has 1 aromatic carbocycles. The first-order chi connectivity index (χ1) is 9.45. The molecule has 3 nitrogen and oxygen atoms in total. The average molecular weight is 315 g/mol. The van der Waals surface area contributed by atoms with Gasteiger partial charge in [-0.25, -0.2) is 9.37 Å². The Bertz CT molecular complexity index is 617. The first kappa shape index (κ1) is 15.4. The van der Waals surface area contributed by atoms with Gasteiger partial charge in [0.2, 0.25) is 0 Å². The van der Waals surface area contributed by atoms with E-state index in [0.717, 1.165) is 15.6 Å². The Balaban J connectivity index is 2.42. The monoisotopic (exact) mass is 314 g/mol. The third kappa shape index (κ3) is 2.86. The maximum atomic E-state index is 14.1. The lowest BCUT2D eigenvalue weighted by atomic mass is 9.91. The van der Waals surface area contributed by atoms with Crippen LogP contribution in [0.25, 0.3) is 0 Å². The number of nitrogens with zero attached hydrogens (tertiary/aromatic N) is 1. The van der Waals surface area contributed by atoms with Gasteiger partial charge in [-0.3, -0.25) is 0 Å². The van der Waals surface area contributed by atoms with E-state index in [9.17, 15) is 9.50 Å². The van der Waals surface area contributed by atoms with Gasteiger partial charge in [0.25, 0.3) is 0 Å². The minimum absolute atomic E-state index is 0.0327. The number of halogens is 2. The van der Waals surface area contributed by atoms with Crippen LogP contribution in [0.2, 0.25) is 5.02 Å². The van der Waals surface area contributed by atoms with Gasteiger partial charge in [-0.05, 0) is 25.5 Å². The quantitative estimate of drug-likeness (QED) is 0.910. The topological polar surface area (TPSA) is 59.1 Å². The van der Waals surface area contributed by atoms with E-state index in [1.807, 2.05) is 13.8 Å². The highest BCUT2D eigenvalue weighted by Gasteiger charge is 2.27. The van der Waals surface area contributed by atoms with Crippen LogP contribution < -0.4 is 5.73 Å².